The van der Waals surface area contributed by atoms with Crippen LogP contribution in [-0.4, -0.2) is 50.3 Å². The number of methoxy groups -OCH3 is 1. The Kier molecular flexibility index (Phi) is 8.01. The van der Waals surface area contributed by atoms with Crippen LogP contribution in [0, 0.1) is 5.41 Å². The van der Waals surface area contributed by atoms with Gasteiger partial charge in [-0.1, -0.05) is 27.7 Å². The van der Waals surface area contributed by atoms with Crippen molar-refractivity contribution in [3.63, 3.8) is 0 Å². The summed E-state index contributed by atoms with van der Waals surface area (Å²) in [6.45, 7) is 17.5. The molecule has 0 saturated carbocycles. The van der Waals surface area contributed by atoms with E-state index in [0.717, 1.165) is 26.2 Å². The van der Waals surface area contributed by atoms with Crippen LogP contribution < -0.4 is 5.32 Å². The van der Waals surface area contributed by atoms with Crippen molar-refractivity contribution in [1.29, 1.82) is 0 Å². The predicted molar refractivity (Wildman–Crippen MR) is 75.5 cm³/mol. The van der Waals surface area contributed by atoms with Crippen molar-refractivity contribution in [2.45, 2.75) is 53.6 Å². The molecule has 0 saturated heterocycles. The molecule has 3 heteroatoms. The predicted octanol–water partition coefficient (Wildman–Crippen LogP) is 2.37. The maximum absolute atomic E-state index is 5.18. The lowest BCUT2D eigenvalue weighted by molar-refractivity contribution is 0.0952. The maximum Gasteiger partial charge on any atom is 0.0589 e. The molecule has 0 aliphatic rings. The molecular weight excluding hydrogens is 212 g/mol. The first-order chi connectivity index (χ1) is 7.78. The molecular formula is C14H32N2O. The van der Waals surface area contributed by atoms with Crippen molar-refractivity contribution in [2.24, 2.45) is 5.41 Å². The van der Waals surface area contributed by atoms with Crippen LogP contribution >= 0.6 is 0 Å². The van der Waals surface area contributed by atoms with Crippen LogP contribution in [0.5, 0.6) is 0 Å². The van der Waals surface area contributed by atoms with Crippen LogP contribution in [0.15, 0.2) is 0 Å². The minimum Gasteiger partial charge on any atom is -0.383 e. The van der Waals surface area contributed by atoms with Gasteiger partial charge in [0, 0.05) is 38.8 Å². The zero-order valence-corrected chi connectivity index (χ0v) is 12.8. The molecule has 0 atom stereocenters. The number of nitrogens with zero attached hydrogens (tertiary/aromatic N) is 1. The highest BCUT2D eigenvalue weighted by Crippen LogP contribution is 2.17. The van der Waals surface area contributed by atoms with Gasteiger partial charge < -0.3 is 10.1 Å². The van der Waals surface area contributed by atoms with E-state index in [1.165, 1.54) is 0 Å². The van der Waals surface area contributed by atoms with Crippen LogP contribution in [0.25, 0.3) is 0 Å². The molecule has 0 bridgehead atoms. The molecule has 0 spiro atoms. The zero-order valence-electron chi connectivity index (χ0n) is 12.8. The summed E-state index contributed by atoms with van der Waals surface area (Å²) < 4.78 is 5.18. The van der Waals surface area contributed by atoms with Gasteiger partial charge in [-0.3, -0.25) is 4.90 Å². The number of nitrogens with one attached hydrogen (secondary N) is 1. The Morgan fingerprint density at radius 2 is 1.76 bits per heavy atom. The Morgan fingerprint density at radius 3 is 2.18 bits per heavy atom. The summed E-state index contributed by atoms with van der Waals surface area (Å²) in [7, 11) is 1.77. The summed E-state index contributed by atoms with van der Waals surface area (Å²) in [5, 5.41) is 3.53. The van der Waals surface area contributed by atoms with Crippen LogP contribution in [0.2, 0.25) is 0 Å². The maximum atomic E-state index is 5.18. The lowest BCUT2D eigenvalue weighted by Gasteiger charge is -2.35. The first kappa shape index (κ1) is 16.9. The highest BCUT2D eigenvalue weighted by atomic mass is 16.5. The molecule has 0 heterocycles. The van der Waals surface area contributed by atoms with Gasteiger partial charge in [0.25, 0.3) is 0 Å². The zero-order chi connectivity index (χ0) is 13.5. The van der Waals surface area contributed by atoms with Gasteiger partial charge in [0.15, 0.2) is 0 Å². The second kappa shape index (κ2) is 8.06. The Hall–Kier alpha value is -0.120. The summed E-state index contributed by atoms with van der Waals surface area (Å²) in [6, 6.07) is 1.13. The summed E-state index contributed by atoms with van der Waals surface area (Å²) >= 11 is 0. The van der Waals surface area contributed by atoms with Gasteiger partial charge >= 0.3 is 0 Å². The summed E-state index contributed by atoms with van der Waals surface area (Å²) in [5.41, 5.74) is 0.294. The fourth-order valence-corrected chi connectivity index (χ4v) is 1.81. The standard InChI is InChI=1S/C14H32N2O/c1-12(2)15-10-14(5,6)11-16(13(3)4)8-9-17-7/h12-13,15H,8-11H2,1-7H3. The second-order valence-electron chi connectivity index (χ2n) is 6.26. The number of ether oxygens (including phenoxy) is 1. The Bertz CT molecular complexity index is 191. The smallest absolute Gasteiger partial charge is 0.0589 e. The minimum atomic E-state index is 0.294. The SMILES string of the molecule is COCCN(CC(C)(C)CNC(C)C)C(C)C. The molecule has 1 N–H and O–H groups in total. The summed E-state index contributed by atoms with van der Waals surface area (Å²) in [6.07, 6.45) is 0. The van der Waals surface area contributed by atoms with E-state index in [1.807, 2.05) is 0 Å². The van der Waals surface area contributed by atoms with Gasteiger partial charge in [-0.15, -0.1) is 0 Å². The third-order valence-corrected chi connectivity index (χ3v) is 2.93. The van der Waals surface area contributed by atoms with Gasteiger partial charge in [0.2, 0.25) is 0 Å². The first-order valence-corrected chi connectivity index (χ1v) is 6.75. The van der Waals surface area contributed by atoms with Gasteiger partial charge in [0.1, 0.15) is 0 Å². The third-order valence-electron chi connectivity index (χ3n) is 2.93. The molecule has 0 aromatic carbocycles. The van der Waals surface area contributed by atoms with Gasteiger partial charge in [-0.2, -0.15) is 0 Å². The second-order valence-corrected chi connectivity index (χ2v) is 6.26. The normalized spacial score (nSPS) is 13.1. The third kappa shape index (κ3) is 8.58. The molecule has 0 rings (SSSR count). The monoisotopic (exact) mass is 244 g/mol. The molecule has 0 aromatic rings. The highest BCUT2D eigenvalue weighted by Gasteiger charge is 2.23. The van der Waals surface area contributed by atoms with Crippen molar-refractivity contribution in [3.05, 3.63) is 0 Å². The average molecular weight is 244 g/mol. The van der Waals surface area contributed by atoms with E-state index in [-0.39, 0.29) is 0 Å². The largest absolute Gasteiger partial charge is 0.383 e. The van der Waals surface area contributed by atoms with E-state index in [1.54, 1.807) is 7.11 Å². The van der Waals surface area contributed by atoms with Crippen molar-refractivity contribution < 1.29 is 4.74 Å². The number of hydrogen-bond donors (Lipinski definition) is 1. The van der Waals surface area contributed by atoms with Crippen molar-refractivity contribution in [3.8, 4) is 0 Å². The molecule has 0 radical (unpaired) electrons. The van der Waals surface area contributed by atoms with Crippen LogP contribution in [0.1, 0.15) is 41.5 Å². The first-order valence-electron chi connectivity index (χ1n) is 6.75. The summed E-state index contributed by atoms with van der Waals surface area (Å²) in [4.78, 5) is 2.49. The molecule has 0 fully saturated rings. The minimum absolute atomic E-state index is 0.294. The van der Waals surface area contributed by atoms with E-state index in [9.17, 15) is 0 Å². The van der Waals surface area contributed by atoms with Gasteiger partial charge in [-0.25, -0.2) is 0 Å². The summed E-state index contributed by atoms with van der Waals surface area (Å²) in [5.74, 6) is 0. The topological polar surface area (TPSA) is 24.5 Å². The van der Waals surface area contributed by atoms with Crippen molar-refractivity contribution >= 4 is 0 Å². The lowest BCUT2D eigenvalue weighted by Crippen LogP contribution is -2.45. The average Bonchev–Trinajstić information content (AvgIpc) is 2.21. The quantitative estimate of drug-likeness (QED) is 0.674. The Balaban J connectivity index is 4.20. The Labute approximate surface area is 108 Å². The van der Waals surface area contributed by atoms with Gasteiger partial charge in [0.05, 0.1) is 6.61 Å². The van der Waals surface area contributed by atoms with E-state index >= 15 is 0 Å². The number of rotatable bonds is 9. The van der Waals surface area contributed by atoms with Crippen LogP contribution in [0.4, 0.5) is 0 Å². The molecule has 17 heavy (non-hydrogen) atoms. The fraction of sp³-hybridized carbons (Fsp3) is 1.00. The van der Waals surface area contributed by atoms with Gasteiger partial charge in [-0.05, 0) is 19.3 Å². The molecule has 0 unspecified atom stereocenters. The van der Waals surface area contributed by atoms with E-state index in [4.69, 9.17) is 4.74 Å². The molecule has 0 amide bonds. The van der Waals surface area contributed by atoms with E-state index < -0.39 is 0 Å². The molecule has 0 aliphatic heterocycles. The fourth-order valence-electron chi connectivity index (χ4n) is 1.81. The highest BCUT2D eigenvalue weighted by molar-refractivity contribution is 4.78. The molecule has 0 aromatic heterocycles. The van der Waals surface area contributed by atoms with Crippen molar-refractivity contribution in [1.82, 2.24) is 10.2 Å². The lowest BCUT2D eigenvalue weighted by atomic mass is 9.91. The van der Waals surface area contributed by atoms with E-state index in [2.05, 4.69) is 51.8 Å². The van der Waals surface area contributed by atoms with Crippen molar-refractivity contribution in [2.75, 3.05) is 33.4 Å². The van der Waals surface area contributed by atoms with Crippen LogP contribution in [-0.2, 0) is 4.74 Å². The molecule has 3 nitrogen and oxygen atoms in total. The van der Waals surface area contributed by atoms with E-state index in [0.29, 0.717) is 17.5 Å². The Morgan fingerprint density at radius 1 is 1.18 bits per heavy atom. The van der Waals surface area contributed by atoms with Crippen LogP contribution in [0.3, 0.4) is 0 Å². The molecule has 0 aliphatic carbocycles. The molecule has 104 valence electrons. The number of hydrogen-bond acceptors (Lipinski definition) is 3.